The van der Waals surface area contributed by atoms with Crippen LogP contribution >= 0.6 is 0 Å². The first kappa shape index (κ1) is 13.3. The summed E-state index contributed by atoms with van der Waals surface area (Å²) in [5.74, 6) is -0.887. The highest BCUT2D eigenvalue weighted by Crippen LogP contribution is 2.23. The average molecular weight is 260 g/mol. The number of anilines is 1. The van der Waals surface area contributed by atoms with Crippen LogP contribution in [0, 0.1) is 0 Å². The van der Waals surface area contributed by atoms with Gasteiger partial charge < -0.3 is 15.7 Å². The number of carbonyl (C=O) groups excluding carboxylic acids is 1. The normalized spacial score (nSPS) is 13.6. The minimum atomic E-state index is -0.933. The number of carbonyl (C=O) groups is 2. The molecule has 0 spiro atoms. The molecule has 1 aliphatic heterocycles. The van der Waals surface area contributed by atoms with Crippen LogP contribution in [-0.4, -0.2) is 30.1 Å². The van der Waals surface area contributed by atoms with Gasteiger partial charge in [0.1, 0.15) is 0 Å². The van der Waals surface area contributed by atoms with E-state index in [1.54, 1.807) is 6.08 Å². The molecular weight excluding hydrogens is 244 g/mol. The molecule has 0 aliphatic carbocycles. The molecule has 1 aromatic carbocycles. The molecule has 0 bridgehead atoms. The predicted octanol–water partition coefficient (Wildman–Crippen LogP) is 0.954. The van der Waals surface area contributed by atoms with Crippen LogP contribution in [0.25, 0.3) is 0 Å². The van der Waals surface area contributed by atoms with Crippen LogP contribution in [0.2, 0.25) is 0 Å². The van der Waals surface area contributed by atoms with Crippen LogP contribution in [-0.2, 0) is 22.4 Å². The van der Waals surface area contributed by atoms with Gasteiger partial charge in [0.25, 0.3) is 0 Å². The Balaban J connectivity index is 1.77. The Kier molecular flexibility index (Phi) is 4.30. The van der Waals surface area contributed by atoms with E-state index >= 15 is 0 Å². The van der Waals surface area contributed by atoms with Gasteiger partial charge in [-0.05, 0) is 30.2 Å². The van der Waals surface area contributed by atoms with Crippen LogP contribution in [0.4, 0.5) is 5.69 Å². The van der Waals surface area contributed by atoms with Gasteiger partial charge in [0, 0.05) is 18.3 Å². The first-order valence-corrected chi connectivity index (χ1v) is 6.17. The van der Waals surface area contributed by atoms with Gasteiger partial charge in [-0.1, -0.05) is 18.2 Å². The summed E-state index contributed by atoms with van der Waals surface area (Å²) in [6.07, 6.45) is 4.01. The van der Waals surface area contributed by atoms with Gasteiger partial charge in [0.05, 0.1) is 6.42 Å². The number of hydrogen-bond acceptors (Lipinski definition) is 3. The molecule has 2 rings (SSSR count). The predicted molar refractivity (Wildman–Crippen MR) is 72.1 cm³/mol. The van der Waals surface area contributed by atoms with E-state index in [9.17, 15) is 9.59 Å². The molecule has 0 saturated heterocycles. The zero-order chi connectivity index (χ0) is 13.7. The van der Waals surface area contributed by atoms with Gasteiger partial charge in [-0.15, -0.1) is 0 Å². The van der Waals surface area contributed by atoms with Crippen molar-refractivity contribution in [3.8, 4) is 0 Å². The molecule has 1 heterocycles. The van der Waals surface area contributed by atoms with E-state index in [4.69, 9.17) is 5.11 Å². The first-order chi connectivity index (χ1) is 9.15. The van der Waals surface area contributed by atoms with Gasteiger partial charge >= 0.3 is 5.97 Å². The van der Waals surface area contributed by atoms with Crippen LogP contribution < -0.4 is 10.6 Å². The smallest absolute Gasteiger partial charge is 0.328 e. The molecule has 1 amide bonds. The van der Waals surface area contributed by atoms with Crippen molar-refractivity contribution < 1.29 is 14.7 Å². The summed E-state index contributed by atoms with van der Waals surface area (Å²) in [5.41, 5.74) is 3.13. The summed E-state index contributed by atoms with van der Waals surface area (Å²) in [6, 6.07) is 5.97. The number of carboxylic acid groups (broad SMARTS) is 1. The number of benzene rings is 1. The van der Waals surface area contributed by atoms with E-state index in [2.05, 4.69) is 10.6 Å². The second-order valence-electron chi connectivity index (χ2n) is 4.41. The first-order valence-electron chi connectivity index (χ1n) is 6.17. The third-order valence-electron chi connectivity index (χ3n) is 2.91. The zero-order valence-electron chi connectivity index (χ0n) is 10.5. The molecule has 0 unspecified atom stereocenters. The highest BCUT2D eigenvalue weighted by Gasteiger charge is 2.16. The SMILES string of the molecule is O=C(O)/C=C/CNCCc1ccc2c(c1)CC(=O)N2. The van der Waals surface area contributed by atoms with Crippen LogP contribution in [0.1, 0.15) is 11.1 Å². The van der Waals surface area contributed by atoms with Crippen LogP contribution in [0.5, 0.6) is 0 Å². The van der Waals surface area contributed by atoms with Crippen molar-refractivity contribution in [1.82, 2.24) is 5.32 Å². The fraction of sp³-hybridized carbons (Fsp3) is 0.286. The van der Waals surface area contributed by atoms with Crippen molar-refractivity contribution in [2.45, 2.75) is 12.8 Å². The van der Waals surface area contributed by atoms with Crippen molar-refractivity contribution in [1.29, 1.82) is 0 Å². The number of aliphatic carboxylic acids is 1. The minimum Gasteiger partial charge on any atom is -0.478 e. The molecular formula is C14H16N2O3. The molecule has 1 aromatic rings. The summed E-state index contributed by atoms with van der Waals surface area (Å²) >= 11 is 0. The number of rotatable bonds is 6. The maximum Gasteiger partial charge on any atom is 0.328 e. The van der Waals surface area contributed by atoms with Gasteiger partial charge in [0.2, 0.25) is 5.91 Å². The lowest BCUT2D eigenvalue weighted by Crippen LogP contribution is -2.17. The summed E-state index contributed by atoms with van der Waals surface area (Å²) < 4.78 is 0. The molecule has 5 nitrogen and oxygen atoms in total. The fourth-order valence-electron chi connectivity index (χ4n) is 2.02. The molecule has 0 radical (unpaired) electrons. The summed E-state index contributed by atoms with van der Waals surface area (Å²) in [6.45, 7) is 1.31. The molecule has 0 atom stereocenters. The van der Waals surface area contributed by atoms with E-state index in [0.717, 1.165) is 30.3 Å². The largest absolute Gasteiger partial charge is 0.478 e. The van der Waals surface area contributed by atoms with Crippen molar-refractivity contribution >= 4 is 17.6 Å². The summed E-state index contributed by atoms with van der Waals surface area (Å²) in [4.78, 5) is 21.5. The molecule has 3 N–H and O–H groups in total. The van der Waals surface area contributed by atoms with Crippen molar-refractivity contribution in [3.63, 3.8) is 0 Å². The molecule has 5 heteroatoms. The monoisotopic (exact) mass is 260 g/mol. The Morgan fingerprint density at radius 2 is 2.32 bits per heavy atom. The summed E-state index contributed by atoms with van der Waals surface area (Å²) in [5, 5.41) is 14.3. The zero-order valence-corrected chi connectivity index (χ0v) is 10.5. The lowest BCUT2D eigenvalue weighted by molar-refractivity contribution is -0.131. The quantitative estimate of drug-likeness (QED) is 0.526. The lowest BCUT2D eigenvalue weighted by Gasteiger charge is -2.04. The van der Waals surface area contributed by atoms with Crippen LogP contribution in [0.15, 0.2) is 30.4 Å². The van der Waals surface area contributed by atoms with Gasteiger partial charge in [-0.3, -0.25) is 4.79 Å². The van der Waals surface area contributed by atoms with Crippen molar-refractivity contribution in [2.75, 3.05) is 18.4 Å². The Labute approximate surface area is 111 Å². The van der Waals surface area contributed by atoms with E-state index in [-0.39, 0.29) is 5.91 Å². The highest BCUT2D eigenvalue weighted by molar-refractivity contribution is 5.99. The van der Waals surface area contributed by atoms with Crippen LogP contribution in [0.3, 0.4) is 0 Å². The van der Waals surface area contributed by atoms with Crippen molar-refractivity contribution in [3.05, 3.63) is 41.5 Å². The third-order valence-corrected chi connectivity index (χ3v) is 2.91. The summed E-state index contributed by atoms with van der Waals surface area (Å²) in [7, 11) is 0. The maximum atomic E-state index is 11.2. The number of carboxylic acids is 1. The number of fused-ring (bicyclic) bond motifs is 1. The lowest BCUT2D eigenvalue weighted by atomic mass is 10.1. The maximum absolute atomic E-state index is 11.2. The Morgan fingerprint density at radius 1 is 1.47 bits per heavy atom. The molecule has 0 saturated carbocycles. The van der Waals surface area contributed by atoms with Gasteiger partial charge in [0.15, 0.2) is 0 Å². The molecule has 0 aromatic heterocycles. The Hall–Kier alpha value is -2.14. The van der Waals surface area contributed by atoms with Crippen molar-refractivity contribution in [2.24, 2.45) is 0 Å². The molecule has 100 valence electrons. The second-order valence-corrected chi connectivity index (χ2v) is 4.41. The minimum absolute atomic E-state index is 0.0454. The molecule has 0 fully saturated rings. The number of hydrogen-bond donors (Lipinski definition) is 3. The van der Waals surface area contributed by atoms with Gasteiger partial charge in [-0.2, -0.15) is 0 Å². The highest BCUT2D eigenvalue weighted by atomic mass is 16.4. The fourth-order valence-corrected chi connectivity index (χ4v) is 2.02. The average Bonchev–Trinajstić information content (AvgIpc) is 2.72. The third kappa shape index (κ3) is 3.93. The Morgan fingerprint density at radius 3 is 3.11 bits per heavy atom. The standard InChI is InChI=1S/C14H16N2O3/c17-13-9-11-8-10(3-4-12(11)16-13)5-7-15-6-1-2-14(18)19/h1-4,8,15H,5-7,9H2,(H,16,17)(H,18,19)/b2-1+. The van der Waals surface area contributed by atoms with E-state index in [0.29, 0.717) is 13.0 Å². The number of nitrogens with one attached hydrogen (secondary N) is 2. The topological polar surface area (TPSA) is 78.4 Å². The van der Waals surface area contributed by atoms with E-state index < -0.39 is 5.97 Å². The second kappa shape index (κ2) is 6.15. The van der Waals surface area contributed by atoms with Gasteiger partial charge in [-0.25, -0.2) is 4.79 Å². The number of amides is 1. The molecule has 1 aliphatic rings. The van der Waals surface area contributed by atoms with E-state index in [1.807, 2.05) is 18.2 Å². The van der Waals surface area contributed by atoms with E-state index in [1.165, 1.54) is 5.56 Å². The molecule has 19 heavy (non-hydrogen) atoms. The Bertz CT molecular complexity index is 523.